The van der Waals surface area contributed by atoms with Crippen molar-refractivity contribution in [2.75, 3.05) is 0 Å². The second-order valence-corrected chi connectivity index (χ2v) is 10.6. The van der Waals surface area contributed by atoms with Crippen molar-refractivity contribution in [3.63, 3.8) is 0 Å². The first kappa shape index (κ1) is 24.5. The molecule has 198 valence electrons. The third-order valence-electron chi connectivity index (χ3n) is 7.73. The van der Waals surface area contributed by atoms with Crippen molar-refractivity contribution < 1.29 is 0 Å². The highest BCUT2D eigenvalue weighted by Crippen LogP contribution is 2.38. The largest absolute Gasteiger partial charge is 0.309 e. The Kier molecular flexibility index (Phi) is 5.80. The van der Waals surface area contributed by atoms with Crippen molar-refractivity contribution in [1.82, 2.24) is 19.5 Å². The molecule has 0 radical (unpaired) electrons. The highest BCUT2D eigenvalue weighted by molar-refractivity contribution is 6.35. The summed E-state index contributed by atoms with van der Waals surface area (Å²) in [5.74, 6) is 1.84. The van der Waals surface area contributed by atoms with Gasteiger partial charge in [0.1, 0.15) is 0 Å². The molecule has 0 fully saturated rings. The molecule has 8 aromatic rings. The maximum Gasteiger partial charge on any atom is 0.166 e. The molecule has 0 unspecified atom stereocenters. The zero-order chi connectivity index (χ0) is 28.0. The first-order valence-electron chi connectivity index (χ1n) is 13.8. The Morgan fingerprint density at radius 1 is 0.429 bits per heavy atom. The van der Waals surface area contributed by atoms with E-state index in [4.69, 9.17) is 26.6 Å². The number of rotatable bonds is 4. The molecule has 0 saturated carbocycles. The van der Waals surface area contributed by atoms with Crippen LogP contribution >= 0.6 is 11.6 Å². The van der Waals surface area contributed by atoms with E-state index in [2.05, 4.69) is 77.4 Å². The summed E-state index contributed by atoms with van der Waals surface area (Å²) in [5.41, 5.74) is 6.04. The Hall–Kier alpha value is -5.32. The van der Waals surface area contributed by atoms with E-state index in [0.29, 0.717) is 22.5 Å². The Morgan fingerprint density at radius 3 is 1.81 bits per heavy atom. The predicted molar refractivity (Wildman–Crippen MR) is 173 cm³/mol. The molecule has 0 atom stereocenters. The molecule has 0 aliphatic heterocycles. The van der Waals surface area contributed by atoms with Crippen molar-refractivity contribution in [3.8, 4) is 39.9 Å². The van der Waals surface area contributed by atoms with Crippen molar-refractivity contribution in [2.45, 2.75) is 0 Å². The molecule has 5 heteroatoms. The number of hydrogen-bond donors (Lipinski definition) is 0. The van der Waals surface area contributed by atoms with Gasteiger partial charge < -0.3 is 4.57 Å². The van der Waals surface area contributed by atoms with Gasteiger partial charge in [0.2, 0.25) is 0 Å². The first-order chi connectivity index (χ1) is 20.8. The lowest BCUT2D eigenvalue weighted by Crippen LogP contribution is -2.02. The van der Waals surface area contributed by atoms with Crippen LogP contribution in [0.1, 0.15) is 0 Å². The third-order valence-corrected chi connectivity index (χ3v) is 8.06. The second-order valence-electron chi connectivity index (χ2n) is 10.2. The van der Waals surface area contributed by atoms with Crippen LogP contribution in [0.4, 0.5) is 0 Å². The van der Waals surface area contributed by atoms with Gasteiger partial charge in [0, 0.05) is 43.6 Å². The second kappa shape index (κ2) is 9.95. The summed E-state index contributed by atoms with van der Waals surface area (Å²) in [5, 5.41) is 4.99. The van der Waals surface area contributed by atoms with Gasteiger partial charge in [-0.15, -0.1) is 0 Å². The van der Waals surface area contributed by atoms with Crippen LogP contribution in [0.15, 0.2) is 140 Å². The van der Waals surface area contributed by atoms with E-state index < -0.39 is 0 Å². The van der Waals surface area contributed by atoms with E-state index in [1.807, 2.05) is 66.7 Å². The Morgan fingerprint density at radius 2 is 1.00 bits per heavy atom. The minimum Gasteiger partial charge on any atom is -0.309 e. The fourth-order valence-electron chi connectivity index (χ4n) is 5.84. The lowest BCUT2D eigenvalue weighted by molar-refractivity contribution is 1.07. The summed E-state index contributed by atoms with van der Waals surface area (Å²) >= 11 is 6.59. The van der Waals surface area contributed by atoms with Crippen LogP contribution < -0.4 is 0 Å². The summed E-state index contributed by atoms with van der Waals surface area (Å²) in [6.45, 7) is 0. The van der Waals surface area contributed by atoms with Crippen LogP contribution in [-0.2, 0) is 0 Å². The van der Waals surface area contributed by atoms with Crippen molar-refractivity contribution in [1.29, 1.82) is 0 Å². The summed E-state index contributed by atoms with van der Waals surface area (Å²) in [6, 6.07) is 47.4. The van der Waals surface area contributed by atoms with Gasteiger partial charge in [0.15, 0.2) is 17.5 Å². The Labute approximate surface area is 247 Å². The summed E-state index contributed by atoms with van der Waals surface area (Å²) < 4.78 is 2.31. The minimum atomic E-state index is 0.603. The van der Waals surface area contributed by atoms with Gasteiger partial charge in [-0.05, 0) is 35.7 Å². The van der Waals surface area contributed by atoms with Gasteiger partial charge in [-0.2, -0.15) is 0 Å². The topological polar surface area (TPSA) is 43.6 Å². The lowest BCUT2D eigenvalue weighted by Gasteiger charge is -2.13. The van der Waals surface area contributed by atoms with E-state index in [0.717, 1.165) is 49.6 Å². The van der Waals surface area contributed by atoms with E-state index >= 15 is 0 Å². The number of halogens is 1. The Balaban J connectivity index is 1.47. The minimum absolute atomic E-state index is 0.603. The van der Waals surface area contributed by atoms with Crippen LogP contribution in [0.2, 0.25) is 5.02 Å². The number of para-hydroxylation sites is 3. The van der Waals surface area contributed by atoms with Gasteiger partial charge >= 0.3 is 0 Å². The number of fused-ring (bicyclic) bond motifs is 4. The number of benzene rings is 6. The molecule has 8 rings (SSSR count). The van der Waals surface area contributed by atoms with Crippen LogP contribution in [0, 0.1) is 0 Å². The van der Waals surface area contributed by atoms with Crippen molar-refractivity contribution in [3.05, 3.63) is 145 Å². The normalized spacial score (nSPS) is 11.5. The highest BCUT2D eigenvalue weighted by atomic mass is 35.5. The van der Waals surface area contributed by atoms with Crippen LogP contribution in [-0.4, -0.2) is 19.5 Å². The fraction of sp³-hybridized carbons (Fsp3) is 0. The molecular weight excluding hydrogens is 536 g/mol. The van der Waals surface area contributed by atoms with Gasteiger partial charge in [0.25, 0.3) is 0 Å². The molecule has 0 aliphatic rings. The van der Waals surface area contributed by atoms with Gasteiger partial charge in [-0.1, -0.05) is 121 Å². The molecule has 0 spiro atoms. The van der Waals surface area contributed by atoms with E-state index in [1.54, 1.807) is 0 Å². The standard InChI is InChI=1S/C37H23ClN4/c38-32-22-11-17-26-27(32)18-9-20-30(26)36-39-35(24-12-3-1-4-13-24)40-37(41-36)31-21-10-19-29-28-16-7-8-23-33(28)42(34(29)31)25-14-5-2-6-15-25/h1-23H. The zero-order valence-electron chi connectivity index (χ0n) is 22.4. The molecule has 0 N–H and O–H groups in total. The molecule has 0 bridgehead atoms. The molecule has 4 nitrogen and oxygen atoms in total. The zero-order valence-corrected chi connectivity index (χ0v) is 23.2. The van der Waals surface area contributed by atoms with Crippen molar-refractivity contribution >= 4 is 44.2 Å². The monoisotopic (exact) mass is 558 g/mol. The molecule has 0 saturated heterocycles. The fourth-order valence-corrected chi connectivity index (χ4v) is 6.08. The van der Waals surface area contributed by atoms with E-state index in [9.17, 15) is 0 Å². The maximum absolute atomic E-state index is 6.59. The SMILES string of the molecule is Clc1cccc2c(-c3nc(-c4ccccc4)nc(-c4cccc5c6ccccc6n(-c6ccccc6)c45)n3)cccc12. The summed E-state index contributed by atoms with van der Waals surface area (Å²) in [6.07, 6.45) is 0. The van der Waals surface area contributed by atoms with Crippen LogP contribution in [0.5, 0.6) is 0 Å². The molecule has 0 aliphatic carbocycles. The van der Waals surface area contributed by atoms with Crippen LogP contribution in [0.3, 0.4) is 0 Å². The predicted octanol–water partition coefficient (Wildman–Crippen LogP) is 9.78. The van der Waals surface area contributed by atoms with Gasteiger partial charge in [0.05, 0.1) is 11.0 Å². The quantitative estimate of drug-likeness (QED) is 0.216. The lowest BCUT2D eigenvalue weighted by atomic mass is 10.0. The summed E-state index contributed by atoms with van der Waals surface area (Å²) in [7, 11) is 0. The summed E-state index contributed by atoms with van der Waals surface area (Å²) in [4.78, 5) is 15.3. The van der Waals surface area contributed by atoms with Gasteiger partial charge in [-0.25, -0.2) is 15.0 Å². The average molecular weight is 559 g/mol. The highest BCUT2D eigenvalue weighted by Gasteiger charge is 2.20. The number of aromatic nitrogens is 4. The maximum atomic E-state index is 6.59. The molecule has 0 amide bonds. The van der Waals surface area contributed by atoms with Gasteiger partial charge in [-0.3, -0.25) is 0 Å². The molecule has 42 heavy (non-hydrogen) atoms. The number of hydrogen-bond acceptors (Lipinski definition) is 3. The Bertz CT molecular complexity index is 2260. The smallest absolute Gasteiger partial charge is 0.166 e. The molecular formula is C37H23ClN4. The van der Waals surface area contributed by atoms with E-state index in [1.165, 1.54) is 5.39 Å². The molecule has 2 aromatic heterocycles. The van der Waals surface area contributed by atoms with Crippen molar-refractivity contribution in [2.24, 2.45) is 0 Å². The average Bonchev–Trinajstić information content (AvgIpc) is 3.40. The number of nitrogens with zero attached hydrogens (tertiary/aromatic N) is 4. The third kappa shape index (κ3) is 3.96. The molecule has 2 heterocycles. The van der Waals surface area contributed by atoms with Crippen LogP contribution in [0.25, 0.3) is 72.4 Å². The first-order valence-corrected chi connectivity index (χ1v) is 14.2. The molecule has 6 aromatic carbocycles. The van der Waals surface area contributed by atoms with E-state index in [-0.39, 0.29) is 0 Å².